The molecule has 0 heterocycles. The van der Waals surface area contributed by atoms with Gasteiger partial charge in [-0.05, 0) is 24.0 Å². The molecule has 0 aliphatic rings. The first-order chi connectivity index (χ1) is 21.1. The smallest absolute Gasteiger partial charge is 0.328 e. The Morgan fingerprint density at radius 1 is 0.581 bits per heavy atom. The van der Waals surface area contributed by atoms with E-state index >= 15 is 0 Å². The molecule has 0 fully saturated rings. The number of ether oxygens (including phenoxy) is 2. The quantitative estimate of drug-likeness (QED) is 0.0918. The van der Waals surface area contributed by atoms with Crippen LogP contribution >= 0.6 is 0 Å². The van der Waals surface area contributed by atoms with E-state index in [1.54, 1.807) is 0 Å². The molecule has 2 aromatic carbocycles. The monoisotopic (exact) mass is 593 g/mol. The molecule has 43 heavy (non-hydrogen) atoms. The van der Waals surface area contributed by atoms with Crippen molar-refractivity contribution in [2.45, 2.75) is 142 Å². The fourth-order valence-electron chi connectivity index (χ4n) is 5.07. The second-order valence-corrected chi connectivity index (χ2v) is 11.6. The first-order valence-electron chi connectivity index (χ1n) is 16.8. The largest absolute Gasteiger partial charge is 0.461 e. The maximum absolute atomic E-state index is 12.9. The number of esters is 2. The van der Waals surface area contributed by atoms with Gasteiger partial charge in [-0.25, -0.2) is 4.79 Å². The molecule has 0 radical (unpaired) electrons. The van der Waals surface area contributed by atoms with Crippen LogP contribution in [0.2, 0.25) is 0 Å². The van der Waals surface area contributed by atoms with Crippen LogP contribution in [0.4, 0.5) is 0 Å². The number of benzene rings is 2. The van der Waals surface area contributed by atoms with E-state index in [1.807, 2.05) is 60.7 Å². The minimum atomic E-state index is -0.892. The molecule has 0 saturated carbocycles. The number of nitrogens with one attached hydrogen (secondary N) is 1. The molecule has 0 aliphatic carbocycles. The lowest BCUT2D eigenvalue weighted by molar-refractivity contribution is -0.150. The van der Waals surface area contributed by atoms with Gasteiger partial charge in [0.25, 0.3) is 0 Å². The third-order valence-corrected chi connectivity index (χ3v) is 7.73. The highest BCUT2D eigenvalue weighted by Crippen LogP contribution is 2.14. The standard InChI is InChI=1S/C37H55NO5/c1-2-3-4-5-6-7-8-9-10-11-12-13-14-15-22-27-35(39)38-34(37(41)43-31-33-25-20-17-21-26-33)28-29-36(40)42-30-32-23-18-16-19-24-32/h16-21,23-26,34H,2-15,22,27-31H2,1H3,(H,38,39)/t34-/m1/s1. The molecule has 6 heteroatoms. The van der Waals surface area contributed by atoms with Gasteiger partial charge in [0, 0.05) is 12.8 Å². The van der Waals surface area contributed by atoms with Gasteiger partial charge in [0.2, 0.25) is 5.91 Å². The Labute approximate surface area is 260 Å². The minimum absolute atomic E-state index is 0.0111. The SMILES string of the molecule is CCCCCCCCCCCCCCCCCC(=O)N[C@H](CCC(=O)OCc1ccccc1)C(=O)OCc1ccccc1. The molecular weight excluding hydrogens is 538 g/mol. The summed E-state index contributed by atoms with van der Waals surface area (Å²) in [5.74, 6) is -1.14. The number of rotatable bonds is 25. The predicted octanol–water partition coefficient (Wildman–Crippen LogP) is 9.00. The minimum Gasteiger partial charge on any atom is -0.461 e. The molecule has 0 saturated heterocycles. The first-order valence-corrected chi connectivity index (χ1v) is 16.8. The summed E-state index contributed by atoms with van der Waals surface area (Å²) in [5.41, 5.74) is 1.76. The highest BCUT2D eigenvalue weighted by Gasteiger charge is 2.23. The van der Waals surface area contributed by atoms with Gasteiger partial charge >= 0.3 is 11.9 Å². The zero-order chi connectivity index (χ0) is 30.8. The van der Waals surface area contributed by atoms with Crippen molar-refractivity contribution < 1.29 is 23.9 Å². The molecule has 2 aromatic rings. The Morgan fingerprint density at radius 2 is 1.02 bits per heavy atom. The van der Waals surface area contributed by atoms with Crippen LogP contribution in [0, 0.1) is 0 Å². The van der Waals surface area contributed by atoms with Gasteiger partial charge in [-0.1, -0.05) is 157 Å². The highest BCUT2D eigenvalue weighted by atomic mass is 16.5. The van der Waals surface area contributed by atoms with Gasteiger partial charge in [0.1, 0.15) is 19.3 Å². The number of hydrogen-bond acceptors (Lipinski definition) is 5. The van der Waals surface area contributed by atoms with Gasteiger partial charge in [-0.15, -0.1) is 0 Å². The van der Waals surface area contributed by atoms with Crippen molar-refractivity contribution in [3.05, 3.63) is 71.8 Å². The third kappa shape index (κ3) is 18.9. The van der Waals surface area contributed by atoms with Gasteiger partial charge in [-0.3, -0.25) is 9.59 Å². The molecule has 0 unspecified atom stereocenters. The Kier molecular flexibility index (Phi) is 20.4. The van der Waals surface area contributed by atoms with Crippen LogP contribution in [0.3, 0.4) is 0 Å². The zero-order valence-corrected chi connectivity index (χ0v) is 26.5. The van der Waals surface area contributed by atoms with Crippen molar-refractivity contribution in [2.24, 2.45) is 0 Å². The Morgan fingerprint density at radius 3 is 1.51 bits per heavy atom. The molecule has 1 atom stereocenters. The average Bonchev–Trinajstić information content (AvgIpc) is 3.03. The van der Waals surface area contributed by atoms with E-state index in [9.17, 15) is 14.4 Å². The summed E-state index contributed by atoms with van der Waals surface area (Å²) < 4.78 is 10.8. The number of amides is 1. The van der Waals surface area contributed by atoms with E-state index in [0.29, 0.717) is 6.42 Å². The predicted molar refractivity (Wildman–Crippen MR) is 173 cm³/mol. The maximum atomic E-state index is 12.9. The zero-order valence-electron chi connectivity index (χ0n) is 26.5. The van der Waals surface area contributed by atoms with Crippen molar-refractivity contribution in [3.63, 3.8) is 0 Å². The van der Waals surface area contributed by atoms with Crippen LogP contribution in [-0.4, -0.2) is 23.9 Å². The Hall–Kier alpha value is -3.15. The second kappa shape index (κ2) is 24.3. The van der Waals surface area contributed by atoms with Crippen molar-refractivity contribution in [1.29, 1.82) is 0 Å². The summed E-state index contributed by atoms with van der Waals surface area (Å²) in [6.45, 7) is 2.55. The number of hydrogen-bond donors (Lipinski definition) is 1. The summed E-state index contributed by atoms with van der Waals surface area (Å²) in [6.07, 6.45) is 19.5. The van der Waals surface area contributed by atoms with Gasteiger partial charge in [0.05, 0.1) is 0 Å². The maximum Gasteiger partial charge on any atom is 0.328 e. The van der Waals surface area contributed by atoms with Gasteiger partial charge < -0.3 is 14.8 Å². The Bertz CT molecular complexity index is 995. The normalized spacial score (nSPS) is 11.6. The van der Waals surface area contributed by atoms with Crippen molar-refractivity contribution >= 4 is 17.8 Å². The summed E-state index contributed by atoms with van der Waals surface area (Å²) >= 11 is 0. The fraction of sp³-hybridized carbons (Fsp3) is 0.595. The molecule has 238 valence electrons. The summed E-state index contributed by atoms with van der Waals surface area (Å²) in [7, 11) is 0. The van der Waals surface area contributed by atoms with Crippen molar-refractivity contribution in [2.75, 3.05) is 0 Å². The second-order valence-electron chi connectivity index (χ2n) is 11.6. The van der Waals surface area contributed by atoms with Crippen LogP contribution in [0.1, 0.15) is 134 Å². The van der Waals surface area contributed by atoms with E-state index in [-0.39, 0.29) is 32.0 Å². The molecule has 1 N–H and O–H groups in total. The lowest BCUT2D eigenvalue weighted by Crippen LogP contribution is -2.42. The molecule has 0 bridgehead atoms. The third-order valence-electron chi connectivity index (χ3n) is 7.73. The van der Waals surface area contributed by atoms with Crippen LogP contribution in [-0.2, 0) is 37.1 Å². The molecule has 0 spiro atoms. The van der Waals surface area contributed by atoms with E-state index < -0.39 is 18.0 Å². The number of carbonyl (C=O) groups excluding carboxylic acids is 3. The molecule has 1 amide bonds. The highest BCUT2D eigenvalue weighted by molar-refractivity contribution is 5.85. The molecule has 6 nitrogen and oxygen atoms in total. The van der Waals surface area contributed by atoms with Crippen LogP contribution in [0.15, 0.2) is 60.7 Å². The van der Waals surface area contributed by atoms with Crippen LogP contribution < -0.4 is 5.32 Å². The van der Waals surface area contributed by atoms with Crippen molar-refractivity contribution in [1.82, 2.24) is 5.32 Å². The molecule has 0 aliphatic heterocycles. The van der Waals surface area contributed by atoms with E-state index in [4.69, 9.17) is 9.47 Å². The van der Waals surface area contributed by atoms with E-state index in [0.717, 1.165) is 30.4 Å². The molecule has 2 rings (SSSR count). The first kappa shape index (κ1) is 36.0. The summed E-state index contributed by atoms with van der Waals surface area (Å²) in [6, 6.07) is 17.9. The van der Waals surface area contributed by atoms with E-state index in [2.05, 4.69) is 12.2 Å². The van der Waals surface area contributed by atoms with Gasteiger partial charge in [0.15, 0.2) is 0 Å². The fourth-order valence-corrected chi connectivity index (χ4v) is 5.07. The topological polar surface area (TPSA) is 81.7 Å². The van der Waals surface area contributed by atoms with Crippen LogP contribution in [0.25, 0.3) is 0 Å². The molecular formula is C37H55NO5. The summed E-state index contributed by atoms with van der Waals surface area (Å²) in [5, 5.41) is 2.81. The number of unbranched alkanes of at least 4 members (excludes halogenated alkanes) is 14. The Balaban J connectivity index is 1.62. The lowest BCUT2D eigenvalue weighted by atomic mass is 10.0. The van der Waals surface area contributed by atoms with Crippen LogP contribution in [0.5, 0.6) is 0 Å². The number of carbonyl (C=O) groups is 3. The van der Waals surface area contributed by atoms with Crippen molar-refractivity contribution in [3.8, 4) is 0 Å². The van der Waals surface area contributed by atoms with Gasteiger partial charge in [-0.2, -0.15) is 0 Å². The lowest BCUT2D eigenvalue weighted by Gasteiger charge is -2.18. The summed E-state index contributed by atoms with van der Waals surface area (Å²) in [4.78, 5) is 37.9. The van der Waals surface area contributed by atoms with E-state index in [1.165, 1.54) is 77.0 Å². The average molecular weight is 594 g/mol. The molecule has 0 aromatic heterocycles.